The second-order valence-corrected chi connectivity index (χ2v) is 6.05. The maximum Gasteiger partial charge on any atom is 0.234 e. The van der Waals surface area contributed by atoms with Crippen LogP contribution in [0.2, 0.25) is 0 Å². The summed E-state index contributed by atoms with van der Waals surface area (Å²) < 4.78 is 0. The lowest BCUT2D eigenvalue weighted by Crippen LogP contribution is -2.40. The summed E-state index contributed by atoms with van der Waals surface area (Å²) in [4.78, 5) is 18.3. The van der Waals surface area contributed by atoms with Gasteiger partial charge in [-0.15, -0.1) is 0 Å². The molecule has 0 spiro atoms. The second kappa shape index (κ2) is 8.44. The van der Waals surface area contributed by atoms with Crippen LogP contribution in [-0.4, -0.2) is 35.4 Å². The Morgan fingerprint density at radius 2 is 1.96 bits per heavy atom. The molecule has 122 valence electrons. The lowest BCUT2D eigenvalue weighted by molar-refractivity contribution is -0.122. The molecule has 0 aliphatic heterocycles. The summed E-state index contributed by atoms with van der Waals surface area (Å²) in [5, 5.41) is 2.91. The maximum atomic E-state index is 12.0. The average Bonchev–Trinajstić information content (AvgIpc) is 2.56. The molecule has 0 fully saturated rings. The van der Waals surface area contributed by atoms with E-state index in [1.165, 1.54) is 11.1 Å². The van der Waals surface area contributed by atoms with Crippen LogP contribution in [0.5, 0.6) is 0 Å². The number of carbonyl (C=O) groups is 1. The number of amides is 1. The van der Waals surface area contributed by atoms with Crippen molar-refractivity contribution in [3.8, 4) is 0 Å². The Balaban J connectivity index is 1.77. The molecule has 4 heteroatoms. The summed E-state index contributed by atoms with van der Waals surface area (Å²) in [6.07, 6.45) is 2.67. The van der Waals surface area contributed by atoms with E-state index in [2.05, 4.69) is 53.3 Å². The molecule has 1 aromatic heterocycles. The Hall–Kier alpha value is -2.20. The Morgan fingerprint density at radius 1 is 1.22 bits per heavy atom. The third-order valence-electron chi connectivity index (χ3n) is 3.99. The molecule has 2 rings (SSSR count). The van der Waals surface area contributed by atoms with Crippen molar-refractivity contribution in [2.75, 3.05) is 13.6 Å². The van der Waals surface area contributed by atoms with Gasteiger partial charge >= 0.3 is 0 Å². The highest BCUT2D eigenvalue weighted by atomic mass is 16.2. The number of carbonyl (C=O) groups excluding carboxylic acids is 1. The third kappa shape index (κ3) is 5.83. The fraction of sp³-hybridized carbons (Fsp3) is 0.368. The highest BCUT2D eigenvalue weighted by Gasteiger charge is 2.13. The van der Waals surface area contributed by atoms with Crippen LogP contribution in [0.4, 0.5) is 0 Å². The van der Waals surface area contributed by atoms with Crippen LogP contribution < -0.4 is 5.32 Å². The maximum absolute atomic E-state index is 12.0. The predicted octanol–water partition coefficient (Wildman–Crippen LogP) is 2.57. The van der Waals surface area contributed by atoms with Gasteiger partial charge < -0.3 is 5.32 Å². The summed E-state index contributed by atoms with van der Waals surface area (Å²) in [5.74, 6) is 0.0221. The first kappa shape index (κ1) is 17.2. The monoisotopic (exact) mass is 311 g/mol. The molecule has 1 atom stereocenters. The highest BCUT2D eigenvalue weighted by molar-refractivity contribution is 5.77. The number of rotatable bonds is 7. The van der Waals surface area contributed by atoms with Gasteiger partial charge in [0.2, 0.25) is 5.91 Å². The number of aromatic nitrogens is 1. The van der Waals surface area contributed by atoms with E-state index in [1.807, 2.05) is 25.2 Å². The normalized spacial score (nSPS) is 12.2. The fourth-order valence-corrected chi connectivity index (χ4v) is 2.35. The molecule has 1 amide bonds. The molecule has 1 heterocycles. The summed E-state index contributed by atoms with van der Waals surface area (Å²) >= 11 is 0. The van der Waals surface area contributed by atoms with Crippen LogP contribution in [-0.2, 0) is 17.8 Å². The molecule has 2 aromatic rings. The van der Waals surface area contributed by atoms with Crippen molar-refractivity contribution in [2.24, 2.45) is 0 Å². The molecule has 0 saturated carbocycles. The zero-order chi connectivity index (χ0) is 16.7. The van der Waals surface area contributed by atoms with Crippen LogP contribution in [0.1, 0.15) is 23.7 Å². The first-order valence-corrected chi connectivity index (χ1v) is 7.97. The highest BCUT2D eigenvalue weighted by Crippen LogP contribution is 2.09. The minimum absolute atomic E-state index is 0.0221. The van der Waals surface area contributed by atoms with Crippen molar-refractivity contribution >= 4 is 5.91 Å². The van der Waals surface area contributed by atoms with Crippen molar-refractivity contribution < 1.29 is 4.79 Å². The molecule has 1 N–H and O–H groups in total. The van der Waals surface area contributed by atoms with E-state index in [0.29, 0.717) is 19.1 Å². The predicted molar refractivity (Wildman–Crippen MR) is 93.1 cm³/mol. The minimum Gasteiger partial charge on any atom is -0.349 e. The van der Waals surface area contributed by atoms with Gasteiger partial charge in [-0.05, 0) is 45.0 Å². The first-order valence-electron chi connectivity index (χ1n) is 7.97. The lowest BCUT2D eigenvalue weighted by Gasteiger charge is -2.24. The number of pyridine rings is 1. The number of likely N-dealkylation sites (N-methyl/N-ethyl adjacent to an activating group) is 1. The van der Waals surface area contributed by atoms with Crippen LogP contribution in [0.15, 0.2) is 48.7 Å². The zero-order valence-corrected chi connectivity index (χ0v) is 14.1. The van der Waals surface area contributed by atoms with Crippen LogP contribution in [0, 0.1) is 6.92 Å². The van der Waals surface area contributed by atoms with Gasteiger partial charge in [0, 0.05) is 12.2 Å². The van der Waals surface area contributed by atoms with Gasteiger partial charge in [-0.3, -0.25) is 14.7 Å². The van der Waals surface area contributed by atoms with E-state index in [0.717, 1.165) is 12.1 Å². The van der Waals surface area contributed by atoms with E-state index < -0.39 is 0 Å². The molecule has 0 saturated heterocycles. The molecule has 0 unspecified atom stereocenters. The van der Waals surface area contributed by atoms with Gasteiger partial charge in [-0.1, -0.05) is 35.9 Å². The van der Waals surface area contributed by atoms with E-state index >= 15 is 0 Å². The quantitative estimate of drug-likeness (QED) is 0.855. The Bertz CT molecular complexity index is 610. The van der Waals surface area contributed by atoms with Crippen LogP contribution in [0.25, 0.3) is 0 Å². The number of hydrogen-bond acceptors (Lipinski definition) is 3. The summed E-state index contributed by atoms with van der Waals surface area (Å²) in [7, 11) is 1.99. The van der Waals surface area contributed by atoms with Gasteiger partial charge in [0.15, 0.2) is 0 Å². The lowest BCUT2D eigenvalue weighted by atomic mass is 10.0. The molecule has 0 radical (unpaired) electrons. The minimum atomic E-state index is 0.0221. The van der Waals surface area contributed by atoms with E-state index in [-0.39, 0.29) is 5.91 Å². The van der Waals surface area contributed by atoms with Crippen molar-refractivity contribution in [1.29, 1.82) is 0 Å². The Labute approximate surface area is 138 Å². The fourth-order valence-electron chi connectivity index (χ4n) is 2.35. The number of aryl methyl sites for hydroxylation is 1. The number of hydrogen-bond donors (Lipinski definition) is 1. The summed E-state index contributed by atoms with van der Waals surface area (Å²) in [6.45, 7) is 5.09. The molecular formula is C19H25N3O. The zero-order valence-electron chi connectivity index (χ0n) is 14.1. The third-order valence-corrected chi connectivity index (χ3v) is 3.99. The van der Waals surface area contributed by atoms with Crippen molar-refractivity contribution in [3.05, 3.63) is 65.5 Å². The molecule has 4 nitrogen and oxygen atoms in total. The number of nitrogens with one attached hydrogen (secondary N) is 1. The largest absolute Gasteiger partial charge is 0.349 e. The van der Waals surface area contributed by atoms with E-state index in [4.69, 9.17) is 0 Å². The van der Waals surface area contributed by atoms with Crippen molar-refractivity contribution in [1.82, 2.24) is 15.2 Å². The molecule has 0 aliphatic carbocycles. The van der Waals surface area contributed by atoms with E-state index in [9.17, 15) is 4.79 Å². The molecule has 1 aromatic carbocycles. The van der Waals surface area contributed by atoms with Crippen LogP contribution in [0.3, 0.4) is 0 Å². The van der Waals surface area contributed by atoms with Crippen molar-refractivity contribution in [2.45, 2.75) is 32.9 Å². The SMILES string of the molecule is Cc1ccc(C[C@@H](C)N(C)CC(=O)NCc2ccccn2)cc1. The molecular weight excluding hydrogens is 286 g/mol. The van der Waals surface area contributed by atoms with E-state index in [1.54, 1.807) is 6.20 Å². The van der Waals surface area contributed by atoms with Gasteiger partial charge in [0.05, 0.1) is 18.8 Å². The van der Waals surface area contributed by atoms with Gasteiger partial charge in [0.25, 0.3) is 0 Å². The first-order chi connectivity index (χ1) is 11.0. The van der Waals surface area contributed by atoms with Crippen molar-refractivity contribution in [3.63, 3.8) is 0 Å². The number of nitrogens with zero attached hydrogens (tertiary/aromatic N) is 2. The molecule has 0 aliphatic rings. The number of benzene rings is 1. The standard InChI is InChI=1S/C19H25N3O/c1-15-7-9-17(10-8-15)12-16(2)22(3)14-19(23)21-13-18-6-4-5-11-20-18/h4-11,16H,12-14H2,1-3H3,(H,21,23)/t16-/m1/s1. The average molecular weight is 311 g/mol. The molecule has 23 heavy (non-hydrogen) atoms. The molecule has 0 bridgehead atoms. The Kier molecular flexibility index (Phi) is 6.29. The Morgan fingerprint density at radius 3 is 2.61 bits per heavy atom. The van der Waals surface area contributed by atoms with Gasteiger partial charge in [-0.25, -0.2) is 0 Å². The summed E-state index contributed by atoms with van der Waals surface area (Å²) in [6, 6.07) is 14.6. The smallest absolute Gasteiger partial charge is 0.234 e. The van der Waals surface area contributed by atoms with Gasteiger partial charge in [-0.2, -0.15) is 0 Å². The second-order valence-electron chi connectivity index (χ2n) is 6.05. The topological polar surface area (TPSA) is 45.2 Å². The van der Waals surface area contributed by atoms with Crippen LogP contribution >= 0.6 is 0 Å². The van der Waals surface area contributed by atoms with Gasteiger partial charge in [0.1, 0.15) is 0 Å². The summed E-state index contributed by atoms with van der Waals surface area (Å²) in [5.41, 5.74) is 3.43.